The minimum absolute atomic E-state index is 0.0242. The fraction of sp³-hybridized carbons (Fsp3) is 0.696. The number of aromatic nitrogens is 1. The van der Waals surface area contributed by atoms with Crippen molar-refractivity contribution in [2.24, 2.45) is 29.1 Å². The summed E-state index contributed by atoms with van der Waals surface area (Å²) < 4.78 is 41.3. The lowest BCUT2D eigenvalue weighted by Gasteiger charge is -2.47. The minimum atomic E-state index is -4.16. The van der Waals surface area contributed by atoms with Crippen molar-refractivity contribution < 1.29 is 27.9 Å². The Morgan fingerprint density at radius 1 is 1.22 bits per heavy atom. The topological polar surface area (TPSA) is 82.5 Å². The first-order chi connectivity index (χ1) is 15.0. The van der Waals surface area contributed by atoms with E-state index < -0.39 is 23.5 Å². The van der Waals surface area contributed by atoms with Crippen LogP contribution in [0.3, 0.4) is 0 Å². The second-order valence-electron chi connectivity index (χ2n) is 10.0. The van der Waals surface area contributed by atoms with Crippen molar-refractivity contribution >= 4 is 17.7 Å². The highest BCUT2D eigenvalue weighted by atomic mass is 19.4. The molecule has 0 radical (unpaired) electrons. The molecule has 32 heavy (non-hydrogen) atoms. The molecule has 4 atom stereocenters. The number of pyridine rings is 1. The SMILES string of the molecule is Cc1cc(NC(=O)N2CC3CC(C4(C)CCCCC4C(F)(F)F)CC3C2)c(C(=O)O)cn1. The van der Waals surface area contributed by atoms with E-state index in [0.717, 1.165) is 6.42 Å². The Labute approximate surface area is 185 Å². The number of amides is 2. The van der Waals surface area contributed by atoms with Gasteiger partial charge in [0.05, 0.1) is 11.6 Å². The molecule has 4 rings (SSSR count). The van der Waals surface area contributed by atoms with Crippen LogP contribution in [0.2, 0.25) is 0 Å². The zero-order valence-electron chi connectivity index (χ0n) is 18.4. The number of carbonyl (C=O) groups is 2. The molecule has 1 saturated heterocycles. The summed E-state index contributed by atoms with van der Waals surface area (Å²) in [5.41, 5.74) is -0.00956. The number of nitrogens with one attached hydrogen (secondary N) is 1. The van der Waals surface area contributed by atoms with Crippen LogP contribution in [0, 0.1) is 36.0 Å². The molecular weight excluding hydrogens is 423 g/mol. The zero-order valence-corrected chi connectivity index (χ0v) is 18.4. The van der Waals surface area contributed by atoms with Crippen LogP contribution in [0.15, 0.2) is 12.3 Å². The van der Waals surface area contributed by atoms with Gasteiger partial charge in [0, 0.05) is 25.0 Å². The van der Waals surface area contributed by atoms with Gasteiger partial charge in [-0.25, -0.2) is 9.59 Å². The monoisotopic (exact) mass is 453 g/mol. The van der Waals surface area contributed by atoms with Gasteiger partial charge in [0.25, 0.3) is 0 Å². The maximum atomic E-state index is 13.8. The summed E-state index contributed by atoms with van der Waals surface area (Å²) in [6.07, 6.45) is 0.809. The second kappa shape index (κ2) is 8.23. The molecule has 4 unspecified atom stereocenters. The van der Waals surface area contributed by atoms with Crippen LogP contribution < -0.4 is 5.32 Å². The molecule has 2 heterocycles. The van der Waals surface area contributed by atoms with Gasteiger partial charge in [-0.1, -0.05) is 19.8 Å². The minimum Gasteiger partial charge on any atom is -0.478 e. The van der Waals surface area contributed by atoms with Crippen LogP contribution in [-0.2, 0) is 0 Å². The number of rotatable bonds is 3. The number of anilines is 1. The molecule has 2 saturated carbocycles. The summed E-state index contributed by atoms with van der Waals surface area (Å²) in [6, 6.07) is 1.15. The Morgan fingerprint density at radius 2 is 1.88 bits per heavy atom. The first-order valence-electron chi connectivity index (χ1n) is 11.3. The Kier molecular flexibility index (Phi) is 5.88. The molecule has 3 fully saturated rings. The Bertz CT molecular complexity index is 892. The highest BCUT2D eigenvalue weighted by molar-refractivity contribution is 5.99. The van der Waals surface area contributed by atoms with Gasteiger partial charge in [-0.15, -0.1) is 0 Å². The third-order valence-electron chi connectivity index (χ3n) is 8.13. The number of likely N-dealkylation sites (tertiary alicyclic amines) is 1. The average molecular weight is 454 g/mol. The number of carboxylic acids is 1. The van der Waals surface area contributed by atoms with Gasteiger partial charge in [-0.05, 0) is 61.8 Å². The van der Waals surface area contributed by atoms with Crippen molar-refractivity contribution in [1.82, 2.24) is 9.88 Å². The van der Waals surface area contributed by atoms with Crippen LogP contribution in [-0.4, -0.2) is 46.3 Å². The lowest BCUT2D eigenvalue weighted by Crippen LogP contribution is -2.45. The van der Waals surface area contributed by atoms with Crippen molar-refractivity contribution in [2.75, 3.05) is 18.4 Å². The molecule has 3 aliphatic rings. The number of nitrogens with zero attached hydrogens (tertiary/aromatic N) is 2. The highest BCUT2D eigenvalue weighted by Crippen LogP contribution is 2.59. The number of alkyl halides is 3. The number of carbonyl (C=O) groups excluding carboxylic acids is 1. The van der Waals surface area contributed by atoms with Gasteiger partial charge in [-0.2, -0.15) is 13.2 Å². The van der Waals surface area contributed by atoms with Crippen LogP contribution in [0.25, 0.3) is 0 Å². The highest BCUT2D eigenvalue weighted by Gasteiger charge is 2.57. The summed E-state index contributed by atoms with van der Waals surface area (Å²) in [5, 5.41) is 12.0. The number of aromatic carboxylic acids is 1. The lowest BCUT2D eigenvalue weighted by atomic mass is 9.59. The van der Waals surface area contributed by atoms with E-state index in [4.69, 9.17) is 0 Å². The lowest BCUT2D eigenvalue weighted by molar-refractivity contribution is -0.224. The van der Waals surface area contributed by atoms with Crippen LogP contribution in [0.5, 0.6) is 0 Å². The van der Waals surface area contributed by atoms with E-state index in [1.807, 2.05) is 6.92 Å². The van der Waals surface area contributed by atoms with Crippen molar-refractivity contribution in [3.63, 3.8) is 0 Å². The van der Waals surface area contributed by atoms with Crippen molar-refractivity contribution in [3.05, 3.63) is 23.5 Å². The molecule has 1 aliphatic heterocycles. The maximum Gasteiger partial charge on any atom is 0.392 e. The number of hydrogen-bond donors (Lipinski definition) is 2. The molecule has 1 aromatic heterocycles. The smallest absolute Gasteiger partial charge is 0.392 e. The molecular formula is C23H30F3N3O3. The standard InChI is InChI=1S/C23H30F3N3O3/c1-13-7-18(17(10-27-13)20(30)31)28-21(32)29-11-14-8-16(9-15(14)12-29)22(2)6-4-3-5-19(22)23(24,25)26/h7,10,14-16,19H,3-6,8-9,11-12H2,1-2H3,(H,30,31)(H,27,28,32). The quantitative estimate of drug-likeness (QED) is 0.648. The van der Waals surface area contributed by atoms with Gasteiger partial charge >= 0.3 is 18.2 Å². The van der Waals surface area contributed by atoms with E-state index in [9.17, 15) is 27.9 Å². The average Bonchev–Trinajstić information content (AvgIpc) is 3.27. The van der Waals surface area contributed by atoms with Gasteiger partial charge in [0.15, 0.2) is 0 Å². The first-order valence-corrected chi connectivity index (χ1v) is 11.3. The third kappa shape index (κ3) is 4.18. The van der Waals surface area contributed by atoms with Crippen molar-refractivity contribution in [2.45, 2.75) is 58.5 Å². The molecule has 0 bridgehead atoms. The van der Waals surface area contributed by atoms with Gasteiger partial charge in [0.2, 0.25) is 0 Å². The molecule has 1 aromatic rings. The molecule has 2 aliphatic carbocycles. The number of hydrogen-bond acceptors (Lipinski definition) is 3. The summed E-state index contributed by atoms with van der Waals surface area (Å²) in [4.78, 5) is 29.9. The molecule has 0 spiro atoms. The molecule has 2 N–H and O–H groups in total. The number of urea groups is 1. The Hall–Kier alpha value is -2.32. The molecule has 2 amide bonds. The number of fused-ring (bicyclic) bond motifs is 1. The predicted octanol–water partition coefficient (Wildman–Crippen LogP) is 5.34. The number of carboxylic acid groups (broad SMARTS) is 1. The van der Waals surface area contributed by atoms with E-state index >= 15 is 0 Å². The van der Waals surface area contributed by atoms with Gasteiger partial charge < -0.3 is 15.3 Å². The molecule has 176 valence electrons. The van der Waals surface area contributed by atoms with Crippen molar-refractivity contribution in [1.29, 1.82) is 0 Å². The van der Waals surface area contributed by atoms with E-state index in [-0.39, 0.29) is 41.5 Å². The normalized spacial score (nSPS) is 32.6. The van der Waals surface area contributed by atoms with E-state index in [2.05, 4.69) is 10.3 Å². The van der Waals surface area contributed by atoms with Crippen LogP contribution >= 0.6 is 0 Å². The summed E-state index contributed by atoms with van der Waals surface area (Å²) >= 11 is 0. The van der Waals surface area contributed by atoms with E-state index in [1.165, 1.54) is 12.3 Å². The van der Waals surface area contributed by atoms with Gasteiger partial charge in [0.1, 0.15) is 5.56 Å². The third-order valence-corrected chi connectivity index (χ3v) is 8.13. The zero-order chi connectivity index (χ0) is 23.3. The van der Waals surface area contributed by atoms with Crippen molar-refractivity contribution in [3.8, 4) is 0 Å². The molecule has 0 aromatic carbocycles. The first kappa shape index (κ1) is 22.9. The van der Waals surface area contributed by atoms with Crippen LogP contribution in [0.1, 0.15) is 61.5 Å². The van der Waals surface area contributed by atoms with E-state index in [1.54, 1.807) is 11.8 Å². The molecule has 9 heteroatoms. The summed E-state index contributed by atoms with van der Waals surface area (Å²) in [5.74, 6) is -2.01. The Morgan fingerprint density at radius 3 is 2.47 bits per heavy atom. The number of aryl methyl sites for hydroxylation is 1. The van der Waals surface area contributed by atoms with Gasteiger partial charge in [-0.3, -0.25) is 4.98 Å². The fourth-order valence-electron chi connectivity index (χ4n) is 6.42. The van der Waals surface area contributed by atoms with E-state index in [0.29, 0.717) is 44.5 Å². The molecule has 6 nitrogen and oxygen atoms in total. The summed E-state index contributed by atoms with van der Waals surface area (Å²) in [6.45, 7) is 4.53. The summed E-state index contributed by atoms with van der Waals surface area (Å²) in [7, 11) is 0. The largest absolute Gasteiger partial charge is 0.478 e. The number of halogens is 3. The fourth-order valence-corrected chi connectivity index (χ4v) is 6.42. The second-order valence-corrected chi connectivity index (χ2v) is 10.0. The predicted molar refractivity (Wildman–Crippen MR) is 112 cm³/mol. The van der Waals surface area contributed by atoms with Crippen LogP contribution in [0.4, 0.5) is 23.7 Å². The Balaban J connectivity index is 1.41. The maximum absolute atomic E-state index is 13.8.